The molecule has 0 aliphatic heterocycles. The van der Waals surface area contributed by atoms with Gasteiger partial charge < -0.3 is 0 Å². The van der Waals surface area contributed by atoms with E-state index < -0.39 is 0 Å². The molecule has 0 amide bonds. The van der Waals surface area contributed by atoms with Gasteiger partial charge in [-0.3, -0.25) is 4.90 Å². The zero-order valence-corrected chi connectivity index (χ0v) is 10.7. The van der Waals surface area contributed by atoms with Crippen molar-refractivity contribution in [3.05, 3.63) is 35.4 Å². The topological polar surface area (TPSA) is 3.24 Å². The van der Waals surface area contributed by atoms with E-state index in [-0.39, 0.29) is 0 Å². The van der Waals surface area contributed by atoms with Crippen LogP contribution in [0.15, 0.2) is 24.3 Å². The van der Waals surface area contributed by atoms with Crippen LogP contribution in [0.25, 0.3) is 0 Å². The van der Waals surface area contributed by atoms with Gasteiger partial charge in [0, 0.05) is 17.9 Å². The molecule has 0 radical (unpaired) electrons. The molecule has 0 bridgehead atoms. The van der Waals surface area contributed by atoms with E-state index in [0.29, 0.717) is 6.04 Å². The normalized spacial score (nSPS) is 13.2. The zero-order valence-electron chi connectivity index (χ0n) is 9.13. The van der Waals surface area contributed by atoms with E-state index in [2.05, 4.69) is 66.0 Å². The molecule has 1 atom stereocenters. The number of aryl methyl sites for hydroxylation is 1. The highest BCUT2D eigenvalue weighted by molar-refractivity contribution is 9.09. The molecule has 0 heterocycles. The summed E-state index contributed by atoms with van der Waals surface area (Å²) in [5.41, 5.74) is 2.70. The molecule has 0 aromatic heterocycles. The summed E-state index contributed by atoms with van der Waals surface area (Å²) in [6.45, 7) is 5.37. The summed E-state index contributed by atoms with van der Waals surface area (Å²) in [6.07, 6.45) is 0. The third-order valence-corrected chi connectivity index (χ3v) is 3.47. The molecule has 0 spiro atoms. The highest BCUT2D eigenvalue weighted by Gasteiger charge is 2.07. The van der Waals surface area contributed by atoms with Crippen LogP contribution in [0.5, 0.6) is 0 Å². The van der Waals surface area contributed by atoms with E-state index in [9.17, 15) is 0 Å². The Morgan fingerprint density at radius 3 is 2.36 bits per heavy atom. The van der Waals surface area contributed by atoms with Crippen molar-refractivity contribution in [2.75, 3.05) is 12.4 Å². The van der Waals surface area contributed by atoms with Crippen molar-refractivity contribution >= 4 is 15.9 Å². The molecule has 1 aromatic carbocycles. The third kappa shape index (κ3) is 3.43. The molecule has 0 saturated heterocycles. The van der Waals surface area contributed by atoms with E-state index >= 15 is 0 Å². The van der Waals surface area contributed by atoms with Crippen molar-refractivity contribution in [1.29, 1.82) is 0 Å². The van der Waals surface area contributed by atoms with Gasteiger partial charge in [-0.25, -0.2) is 0 Å². The molecule has 0 aliphatic carbocycles. The van der Waals surface area contributed by atoms with E-state index in [1.54, 1.807) is 0 Å². The zero-order chi connectivity index (χ0) is 10.6. The molecular weight excluding hydrogens is 238 g/mol. The smallest absolute Gasteiger partial charge is 0.0233 e. The van der Waals surface area contributed by atoms with Crippen LogP contribution >= 0.6 is 15.9 Å². The number of halogens is 1. The highest BCUT2D eigenvalue weighted by Crippen LogP contribution is 2.08. The Bertz CT molecular complexity index is 268. The van der Waals surface area contributed by atoms with Gasteiger partial charge in [0.1, 0.15) is 0 Å². The standard InChI is InChI=1S/C12H18BrN/c1-10-4-6-12(7-5-10)9-14(3)11(2)8-13/h4-7,11H,8-9H2,1-3H3. The Morgan fingerprint density at radius 1 is 1.29 bits per heavy atom. The monoisotopic (exact) mass is 255 g/mol. The number of hydrogen-bond acceptors (Lipinski definition) is 1. The Labute approximate surface area is 95.2 Å². The maximum Gasteiger partial charge on any atom is 0.0233 e. The lowest BCUT2D eigenvalue weighted by atomic mass is 10.1. The van der Waals surface area contributed by atoms with Gasteiger partial charge in [0.05, 0.1) is 0 Å². The first-order valence-corrected chi connectivity index (χ1v) is 6.07. The van der Waals surface area contributed by atoms with Gasteiger partial charge >= 0.3 is 0 Å². The first kappa shape index (κ1) is 11.7. The van der Waals surface area contributed by atoms with Gasteiger partial charge in [-0.2, -0.15) is 0 Å². The van der Waals surface area contributed by atoms with Crippen molar-refractivity contribution in [3.63, 3.8) is 0 Å². The molecular formula is C12H18BrN. The fourth-order valence-corrected chi connectivity index (χ4v) is 1.75. The average molecular weight is 256 g/mol. The second-order valence-corrected chi connectivity index (χ2v) is 4.55. The summed E-state index contributed by atoms with van der Waals surface area (Å²) in [7, 11) is 2.16. The number of nitrogens with zero attached hydrogens (tertiary/aromatic N) is 1. The Hall–Kier alpha value is -0.340. The first-order valence-electron chi connectivity index (χ1n) is 4.95. The SMILES string of the molecule is Cc1ccc(CN(C)C(C)CBr)cc1. The number of alkyl halides is 1. The largest absolute Gasteiger partial charge is 0.299 e. The molecule has 0 saturated carbocycles. The van der Waals surface area contributed by atoms with Crippen LogP contribution in [0.3, 0.4) is 0 Å². The van der Waals surface area contributed by atoms with E-state index in [4.69, 9.17) is 0 Å². The first-order chi connectivity index (χ1) is 6.63. The van der Waals surface area contributed by atoms with Gasteiger partial charge in [-0.1, -0.05) is 45.8 Å². The lowest BCUT2D eigenvalue weighted by molar-refractivity contribution is 0.271. The van der Waals surface area contributed by atoms with Crippen molar-refractivity contribution in [3.8, 4) is 0 Å². The lowest BCUT2D eigenvalue weighted by Crippen LogP contribution is -2.29. The number of rotatable bonds is 4. The highest BCUT2D eigenvalue weighted by atomic mass is 79.9. The summed E-state index contributed by atoms with van der Waals surface area (Å²) >= 11 is 3.50. The minimum atomic E-state index is 0.580. The molecule has 14 heavy (non-hydrogen) atoms. The fourth-order valence-electron chi connectivity index (χ4n) is 1.26. The summed E-state index contributed by atoms with van der Waals surface area (Å²) < 4.78 is 0. The lowest BCUT2D eigenvalue weighted by Gasteiger charge is -2.22. The second kappa shape index (κ2) is 5.52. The maximum absolute atomic E-state index is 3.50. The van der Waals surface area contributed by atoms with Crippen molar-refractivity contribution in [2.45, 2.75) is 26.4 Å². The molecule has 0 fully saturated rings. The summed E-state index contributed by atoms with van der Waals surface area (Å²) in [4.78, 5) is 2.35. The van der Waals surface area contributed by atoms with Crippen LogP contribution in [0.2, 0.25) is 0 Å². The van der Waals surface area contributed by atoms with Crippen LogP contribution in [0.4, 0.5) is 0 Å². The van der Waals surface area contributed by atoms with Crippen LogP contribution in [0.1, 0.15) is 18.1 Å². The molecule has 1 nitrogen and oxygen atoms in total. The predicted octanol–water partition coefficient (Wildman–Crippen LogP) is 3.21. The van der Waals surface area contributed by atoms with Gasteiger partial charge in [0.2, 0.25) is 0 Å². The van der Waals surface area contributed by atoms with Crippen molar-refractivity contribution < 1.29 is 0 Å². The van der Waals surface area contributed by atoms with Crippen molar-refractivity contribution in [1.82, 2.24) is 4.90 Å². The minimum Gasteiger partial charge on any atom is -0.299 e. The summed E-state index contributed by atoms with van der Waals surface area (Å²) in [5, 5.41) is 1.02. The van der Waals surface area contributed by atoms with Crippen molar-refractivity contribution in [2.24, 2.45) is 0 Å². The average Bonchev–Trinajstić information content (AvgIpc) is 2.20. The quantitative estimate of drug-likeness (QED) is 0.748. The summed E-state index contributed by atoms with van der Waals surface area (Å²) in [6, 6.07) is 9.32. The van der Waals surface area contributed by atoms with Crippen LogP contribution in [-0.2, 0) is 6.54 Å². The maximum atomic E-state index is 3.50. The molecule has 78 valence electrons. The fraction of sp³-hybridized carbons (Fsp3) is 0.500. The van der Waals surface area contributed by atoms with Crippen LogP contribution in [-0.4, -0.2) is 23.3 Å². The third-order valence-electron chi connectivity index (χ3n) is 2.53. The van der Waals surface area contributed by atoms with E-state index in [1.165, 1.54) is 11.1 Å². The van der Waals surface area contributed by atoms with Crippen LogP contribution in [0, 0.1) is 6.92 Å². The van der Waals surface area contributed by atoms with E-state index in [0.717, 1.165) is 11.9 Å². The molecule has 1 aromatic rings. The van der Waals surface area contributed by atoms with Gasteiger partial charge in [-0.15, -0.1) is 0 Å². The van der Waals surface area contributed by atoms with Gasteiger partial charge in [0.15, 0.2) is 0 Å². The predicted molar refractivity (Wildman–Crippen MR) is 65.9 cm³/mol. The number of hydrogen-bond donors (Lipinski definition) is 0. The molecule has 0 N–H and O–H groups in total. The molecule has 1 unspecified atom stereocenters. The number of benzene rings is 1. The molecule has 1 rings (SSSR count). The van der Waals surface area contributed by atoms with Crippen LogP contribution < -0.4 is 0 Å². The van der Waals surface area contributed by atoms with Gasteiger partial charge in [-0.05, 0) is 26.5 Å². The van der Waals surface area contributed by atoms with Gasteiger partial charge in [0.25, 0.3) is 0 Å². The summed E-state index contributed by atoms with van der Waals surface area (Å²) in [5.74, 6) is 0. The Morgan fingerprint density at radius 2 is 1.86 bits per heavy atom. The molecule has 0 aliphatic rings. The Kier molecular flexibility index (Phi) is 4.63. The minimum absolute atomic E-state index is 0.580. The Balaban J connectivity index is 2.56. The van der Waals surface area contributed by atoms with E-state index in [1.807, 2.05) is 0 Å². The second-order valence-electron chi connectivity index (χ2n) is 3.90. The molecule has 2 heteroatoms.